The van der Waals surface area contributed by atoms with E-state index in [1.54, 1.807) is 6.20 Å². The van der Waals surface area contributed by atoms with E-state index in [4.69, 9.17) is 11.6 Å². The molecule has 1 aliphatic rings. The second-order valence-electron chi connectivity index (χ2n) is 5.90. The molecule has 0 radical (unpaired) electrons. The first kappa shape index (κ1) is 16.9. The molecule has 126 valence electrons. The molecule has 0 atom stereocenters. The summed E-state index contributed by atoms with van der Waals surface area (Å²) >= 11 is 7.72. The Labute approximate surface area is 149 Å². The van der Waals surface area contributed by atoms with Gasteiger partial charge in [0.05, 0.1) is 6.54 Å². The Balaban J connectivity index is 1.54. The van der Waals surface area contributed by atoms with Crippen LogP contribution in [-0.4, -0.2) is 23.3 Å². The fraction of sp³-hybridized carbons (Fsp3) is 0.353. The zero-order valence-corrected chi connectivity index (χ0v) is 14.8. The highest BCUT2D eigenvalue weighted by molar-refractivity contribution is 7.15. The standard InChI is InChI=1S/C17H18ClN3O2S/c1-10-3-2-4-12(15(10)18)7-13-8-20-17(24-13)21-14(22)9-19-16(23)11-5-6-11/h2-4,8,11H,5-7,9H2,1H3,(H,19,23)(H,20,21,22). The van der Waals surface area contributed by atoms with E-state index in [1.807, 2.05) is 25.1 Å². The van der Waals surface area contributed by atoms with Crippen LogP contribution in [0.15, 0.2) is 24.4 Å². The minimum Gasteiger partial charge on any atom is -0.347 e. The predicted molar refractivity (Wildman–Crippen MR) is 95.5 cm³/mol. The molecule has 1 aliphatic carbocycles. The van der Waals surface area contributed by atoms with Crippen LogP contribution in [0.25, 0.3) is 0 Å². The maximum absolute atomic E-state index is 11.8. The number of hydrogen-bond donors (Lipinski definition) is 2. The van der Waals surface area contributed by atoms with Crippen LogP contribution in [0, 0.1) is 12.8 Å². The molecule has 1 saturated carbocycles. The van der Waals surface area contributed by atoms with Crippen LogP contribution in [0.4, 0.5) is 5.13 Å². The average molecular weight is 364 g/mol. The molecule has 2 aromatic rings. The summed E-state index contributed by atoms with van der Waals surface area (Å²) in [5.74, 6) is -0.208. The van der Waals surface area contributed by atoms with Crippen LogP contribution < -0.4 is 10.6 Å². The normalized spacial score (nSPS) is 13.6. The Hall–Kier alpha value is -1.92. The smallest absolute Gasteiger partial charge is 0.245 e. The van der Waals surface area contributed by atoms with Crippen molar-refractivity contribution in [3.05, 3.63) is 45.4 Å². The largest absolute Gasteiger partial charge is 0.347 e. The molecule has 0 spiro atoms. The number of aryl methyl sites for hydroxylation is 1. The van der Waals surface area contributed by atoms with E-state index in [-0.39, 0.29) is 24.3 Å². The molecule has 3 rings (SSSR count). The van der Waals surface area contributed by atoms with Gasteiger partial charge in [0.2, 0.25) is 11.8 Å². The average Bonchev–Trinajstić information content (AvgIpc) is 3.32. The molecule has 1 heterocycles. The molecular weight excluding hydrogens is 346 g/mol. The van der Waals surface area contributed by atoms with Crippen LogP contribution in [0.2, 0.25) is 5.02 Å². The highest BCUT2D eigenvalue weighted by atomic mass is 35.5. The van der Waals surface area contributed by atoms with E-state index >= 15 is 0 Å². The molecule has 0 unspecified atom stereocenters. The summed E-state index contributed by atoms with van der Waals surface area (Å²) in [5.41, 5.74) is 2.08. The van der Waals surface area contributed by atoms with Gasteiger partial charge in [0.15, 0.2) is 5.13 Å². The van der Waals surface area contributed by atoms with Gasteiger partial charge in [-0.05, 0) is 30.9 Å². The van der Waals surface area contributed by atoms with Gasteiger partial charge in [0, 0.05) is 28.4 Å². The fourth-order valence-corrected chi connectivity index (χ4v) is 3.34. The number of carbonyl (C=O) groups excluding carboxylic acids is 2. The lowest BCUT2D eigenvalue weighted by atomic mass is 10.1. The molecular formula is C17H18ClN3O2S. The van der Waals surface area contributed by atoms with Crippen molar-refractivity contribution in [1.29, 1.82) is 0 Å². The van der Waals surface area contributed by atoms with Gasteiger partial charge >= 0.3 is 0 Å². The first-order valence-electron chi connectivity index (χ1n) is 7.79. The van der Waals surface area contributed by atoms with Gasteiger partial charge in [-0.2, -0.15) is 0 Å². The molecule has 24 heavy (non-hydrogen) atoms. The number of nitrogens with one attached hydrogen (secondary N) is 2. The van der Waals surface area contributed by atoms with Crippen LogP contribution in [0.5, 0.6) is 0 Å². The van der Waals surface area contributed by atoms with Crippen molar-refractivity contribution < 1.29 is 9.59 Å². The van der Waals surface area contributed by atoms with Crippen molar-refractivity contribution in [3.63, 3.8) is 0 Å². The molecule has 2 amide bonds. The zero-order chi connectivity index (χ0) is 17.1. The predicted octanol–water partition coefficient (Wildman–Crippen LogP) is 3.16. The molecule has 2 N–H and O–H groups in total. The Morgan fingerprint density at radius 3 is 2.92 bits per heavy atom. The molecule has 1 aromatic heterocycles. The third-order valence-corrected chi connectivity index (χ3v) is 5.26. The van der Waals surface area contributed by atoms with Crippen molar-refractivity contribution in [2.75, 3.05) is 11.9 Å². The molecule has 1 aromatic carbocycles. The number of carbonyl (C=O) groups is 2. The molecule has 0 aliphatic heterocycles. The summed E-state index contributed by atoms with van der Waals surface area (Å²) in [7, 11) is 0. The van der Waals surface area contributed by atoms with Gasteiger partial charge in [-0.1, -0.05) is 29.8 Å². The summed E-state index contributed by atoms with van der Waals surface area (Å²) in [6, 6.07) is 5.93. The van der Waals surface area contributed by atoms with Gasteiger partial charge in [0.25, 0.3) is 0 Å². The Bertz CT molecular complexity index is 771. The highest BCUT2D eigenvalue weighted by Gasteiger charge is 2.29. The molecule has 1 fully saturated rings. The summed E-state index contributed by atoms with van der Waals surface area (Å²) in [4.78, 5) is 28.6. The van der Waals surface area contributed by atoms with Crippen molar-refractivity contribution in [1.82, 2.24) is 10.3 Å². The minimum absolute atomic E-state index is 0.0199. The van der Waals surface area contributed by atoms with Crippen molar-refractivity contribution in [2.45, 2.75) is 26.2 Å². The molecule has 7 heteroatoms. The Morgan fingerprint density at radius 2 is 2.17 bits per heavy atom. The van der Waals surface area contributed by atoms with Crippen LogP contribution in [-0.2, 0) is 16.0 Å². The van der Waals surface area contributed by atoms with E-state index < -0.39 is 0 Å². The minimum atomic E-state index is -0.265. The van der Waals surface area contributed by atoms with Gasteiger partial charge in [-0.15, -0.1) is 11.3 Å². The fourth-order valence-electron chi connectivity index (χ4n) is 2.30. The first-order valence-corrected chi connectivity index (χ1v) is 8.98. The van der Waals surface area contributed by atoms with Crippen molar-refractivity contribution in [2.24, 2.45) is 5.92 Å². The second kappa shape index (κ2) is 7.32. The van der Waals surface area contributed by atoms with Gasteiger partial charge in [-0.25, -0.2) is 4.98 Å². The maximum atomic E-state index is 11.8. The van der Waals surface area contributed by atoms with Crippen molar-refractivity contribution >= 4 is 39.9 Å². The highest BCUT2D eigenvalue weighted by Crippen LogP contribution is 2.29. The van der Waals surface area contributed by atoms with E-state index in [9.17, 15) is 9.59 Å². The lowest BCUT2D eigenvalue weighted by Gasteiger charge is -2.05. The lowest BCUT2D eigenvalue weighted by Crippen LogP contribution is -2.33. The zero-order valence-electron chi connectivity index (χ0n) is 13.3. The summed E-state index contributed by atoms with van der Waals surface area (Å²) in [5, 5.41) is 6.63. The monoisotopic (exact) mass is 363 g/mol. The van der Waals surface area contributed by atoms with E-state index in [0.29, 0.717) is 11.6 Å². The number of halogens is 1. The second-order valence-corrected chi connectivity index (χ2v) is 7.39. The third kappa shape index (κ3) is 4.33. The number of hydrogen-bond acceptors (Lipinski definition) is 4. The van der Waals surface area contributed by atoms with Gasteiger partial charge in [0.1, 0.15) is 0 Å². The third-order valence-electron chi connectivity index (χ3n) is 3.81. The SMILES string of the molecule is Cc1cccc(Cc2cnc(NC(=O)CNC(=O)C3CC3)s2)c1Cl. The number of benzene rings is 1. The molecule has 0 bridgehead atoms. The number of amides is 2. The van der Waals surface area contributed by atoms with E-state index in [1.165, 1.54) is 11.3 Å². The van der Waals surface area contributed by atoms with Crippen LogP contribution in [0.3, 0.4) is 0 Å². The van der Waals surface area contributed by atoms with Gasteiger partial charge in [-0.3, -0.25) is 9.59 Å². The summed E-state index contributed by atoms with van der Waals surface area (Å²) in [6.07, 6.45) is 4.25. The van der Waals surface area contributed by atoms with E-state index in [2.05, 4.69) is 15.6 Å². The molecule has 0 saturated heterocycles. The maximum Gasteiger partial charge on any atom is 0.245 e. The Kier molecular flexibility index (Phi) is 5.16. The van der Waals surface area contributed by atoms with Gasteiger partial charge < -0.3 is 10.6 Å². The summed E-state index contributed by atoms with van der Waals surface area (Å²) < 4.78 is 0. The van der Waals surface area contributed by atoms with Crippen molar-refractivity contribution in [3.8, 4) is 0 Å². The number of anilines is 1. The first-order chi connectivity index (χ1) is 11.5. The summed E-state index contributed by atoms with van der Waals surface area (Å²) in [6.45, 7) is 1.95. The number of nitrogens with zero attached hydrogens (tertiary/aromatic N) is 1. The number of rotatable bonds is 6. The van der Waals surface area contributed by atoms with E-state index in [0.717, 1.165) is 33.9 Å². The lowest BCUT2D eigenvalue weighted by molar-refractivity contribution is -0.125. The van der Waals surface area contributed by atoms with Crippen LogP contribution in [0.1, 0.15) is 28.8 Å². The van der Waals surface area contributed by atoms with Crippen LogP contribution >= 0.6 is 22.9 Å². The number of aromatic nitrogens is 1. The topological polar surface area (TPSA) is 71.1 Å². The number of thiazole rings is 1. The quantitative estimate of drug-likeness (QED) is 0.828. The molecule has 5 nitrogen and oxygen atoms in total. The Morgan fingerprint density at radius 1 is 1.38 bits per heavy atom.